The molecule has 0 saturated heterocycles. The minimum Gasteiger partial charge on any atom is -0.497 e. The molecule has 33 heavy (non-hydrogen) atoms. The van der Waals surface area contributed by atoms with Crippen molar-refractivity contribution in [2.24, 2.45) is 0 Å². The van der Waals surface area contributed by atoms with Gasteiger partial charge in [0.25, 0.3) is 10.0 Å². The second-order valence-electron chi connectivity index (χ2n) is 7.48. The van der Waals surface area contributed by atoms with Crippen LogP contribution in [-0.2, 0) is 14.8 Å². The normalized spacial score (nSPS) is 12.0. The number of hydrogen-bond acceptors (Lipinski definition) is 5. The summed E-state index contributed by atoms with van der Waals surface area (Å²) >= 11 is 0. The quantitative estimate of drug-likeness (QED) is 0.489. The lowest BCUT2D eigenvalue weighted by molar-refractivity contribution is -0.119. The van der Waals surface area contributed by atoms with E-state index in [4.69, 9.17) is 9.47 Å². The van der Waals surface area contributed by atoms with Crippen LogP contribution in [0.4, 0.5) is 5.69 Å². The molecule has 0 radical (unpaired) electrons. The van der Waals surface area contributed by atoms with Crippen molar-refractivity contribution in [2.45, 2.75) is 17.7 Å². The summed E-state index contributed by atoms with van der Waals surface area (Å²) in [5, 5.41) is 2.85. The Morgan fingerprint density at radius 1 is 0.939 bits per heavy atom. The van der Waals surface area contributed by atoms with Gasteiger partial charge in [0, 0.05) is 12.6 Å². The molecule has 0 aliphatic carbocycles. The lowest BCUT2D eigenvalue weighted by Crippen LogP contribution is -2.42. The highest BCUT2D eigenvalue weighted by molar-refractivity contribution is 7.92. The van der Waals surface area contributed by atoms with Gasteiger partial charge in [0.05, 0.1) is 24.8 Å². The van der Waals surface area contributed by atoms with Gasteiger partial charge in [-0.3, -0.25) is 9.10 Å². The maximum atomic E-state index is 13.5. The van der Waals surface area contributed by atoms with Crippen LogP contribution in [0.2, 0.25) is 0 Å². The summed E-state index contributed by atoms with van der Waals surface area (Å²) in [6.07, 6.45) is 0. The molecule has 0 unspecified atom stereocenters. The Morgan fingerprint density at radius 2 is 1.58 bits per heavy atom. The van der Waals surface area contributed by atoms with Gasteiger partial charge in [0.2, 0.25) is 5.91 Å². The average Bonchev–Trinajstić information content (AvgIpc) is 2.86. The molecular formula is C25H28N2O5S. The fraction of sp³-hybridized carbons (Fsp3) is 0.240. The first-order valence-electron chi connectivity index (χ1n) is 10.5. The molecule has 3 rings (SSSR count). The number of amides is 1. The first kappa shape index (κ1) is 24.1. The lowest BCUT2D eigenvalue weighted by atomic mass is 10.0. The van der Waals surface area contributed by atoms with E-state index in [1.807, 2.05) is 37.3 Å². The number of carbonyl (C=O) groups is 1. The van der Waals surface area contributed by atoms with Crippen molar-refractivity contribution in [1.29, 1.82) is 0 Å². The SMILES string of the molecule is COc1ccc(OC)c(N(CC(=O)NC[C@H](C)c2ccccc2)S(=O)(=O)c2ccccc2)c1. The molecule has 174 valence electrons. The fourth-order valence-electron chi connectivity index (χ4n) is 3.36. The number of hydrogen-bond donors (Lipinski definition) is 1. The van der Waals surface area contributed by atoms with Gasteiger partial charge in [-0.05, 0) is 35.7 Å². The van der Waals surface area contributed by atoms with Gasteiger partial charge >= 0.3 is 0 Å². The summed E-state index contributed by atoms with van der Waals surface area (Å²) < 4.78 is 38.8. The molecule has 0 saturated carbocycles. The van der Waals surface area contributed by atoms with E-state index >= 15 is 0 Å². The van der Waals surface area contributed by atoms with E-state index in [2.05, 4.69) is 5.32 Å². The smallest absolute Gasteiger partial charge is 0.264 e. The molecule has 1 N–H and O–H groups in total. The van der Waals surface area contributed by atoms with Gasteiger partial charge < -0.3 is 14.8 Å². The van der Waals surface area contributed by atoms with Crippen LogP contribution < -0.4 is 19.1 Å². The third-order valence-corrected chi connectivity index (χ3v) is 7.02. The molecule has 0 bridgehead atoms. The highest BCUT2D eigenvalue weighted by Crippen LogP contribution is 2.35. The van der Waals surface area contributed by atoms with E-state index in [0.29, 0.717) is 18.0 Å². The van der Waals surface area contributed by atoms with Crippen LogP contribution in [0.15, 0.2) is 83.8 Å². The molecule has 3 aromatic carbocycles. The molecule has 0 fully saturated rings. The molecule has 0 heterocycles. The van der Waals surface area contributed by atoms with E-state index in [1.54, 1.807) is 36.4 Å². The van der Waals surface area contributed by atoms with Gasteiger partial charge in [-0.1, -0.05) is 55.5 Å². The van der Waals surface area contributed by atoms with E-state index in [-0.39, 0.29) is 16.5 Å². The Labute approximate surface area is 195 Å². The second kappa shape index (κ2) is 10.9. The van der Waals surface area contributed by atoms with Gasteiger partial charge in [-0.15, -0.1) is 0 Å². The van der Waals surface area contributed by atoms with Crippen LogP contribution in [-0.4, -0.2) is 41.6 Å². The molecule has 1 atom stereocenters. The average molecular weight is 469 g/mol. The first-order valence-corrected chi connectivity index (χ1v) is 11.9. The predicted molar refractivity (Wildman–Crippen MR) is 128 cm³/mol. The maximum Gasteiger partial charge on any atom is 0.264 e. The Hall–Kier alpha value is -3.52. The zero-order valence-corrected chi connectivity index (χ0v) is 19.7. The number of anilines is 1. The van der Waals surface area contributed by atoms with Crippen LogP contribution in [0.5, 0.6) is 11.5 Å². The monoisotopic (exact) mass is 468 g/mol. The third kappa shape index (κ3) is 5.84. The number of benzene rings is 3. The molecule has 1 amide bonds. The Morgan fingerprint density at radius 3 is 2.18 bits per heavy atom. The van der Waals surface area contributed by atoms with E-state index in [0.717, 1.165) is 9.87 Å². The van der Waals surface area contributed by atoms with Crippen LogP contribution >= 0.6 is 0 Å². The number of carbonyl (C=O) groups excluding carboxylic acids is 1. The predicted octanol–water partition coefficient (Wildman–Crippen LogP) is 3.82. The molecule has 0 spiro atoms. The molecule has 3 aromatic rings. The molecular weight excluding hydrogens is 440 g/mol. The Bertz CT molecular complexity index is 1170. The van der Waals surface area contributed by atoms with Gasteiger partial charge in [0.15, 0.2) is 0 Å². The topological polar surface area (TPSA) is 84.9 Å². The zero-order valence-electron chi connectivity index (χ0n) is 18.9. The molecule has 0 aromatic heterocycles. The van der Waals surface area contributed by atoms with Crippen molar-refractivity contribution in [2.75, 3.05) is 31.6 Å². The largest absolute Gasteiger partial charge is 0.497 e. The second-order valence-corrected chi connectivity index (χ2v) is 9.34. The van der Waals surface area contributed by atoms with Crippen molar-refractivity contribution in [3.05, 3.63) is 84.4 Å². The summed E-state index contributed by atoms with van der Waals surface area (Å²) in [5.41, 5.74) is 1.30. The van der Waals surface area contributed by atoms with E-state index < -0.39 is 22.5 Å². The standard InChI is InChI=1S/C25H28N2O5S/c1-19(20-10-6-4-7-11-20)17-26-25(28)18-27(33(29,30)22-12-8-5-9-13-22)23-16-21(31-2)14-15-24(23)32-3/h4-16,19H,17-18H2,1-3H3,(H,26,28)/t19-/m0/s1. The highest BCUT2D eigenvalue weighted by Gasteiger charge is 2.30. The molecule has 0 aliphatic heterocycles. The summed E-state index contributed by atoms with van der Waals surface area (Å²) in [6.45, 7) is 1.96. The molecule has 0 aliphatic rings. The number of nitrogens with zero attached hydrogens (tertiary/aromatic N) is 1. The van der Waals surface area contributed by atoms with Crippen molar-refractivity contribution in [3.8, 4) is 11.5 Å². The first-order chi connectivity index (χ1) is 15.9. The summed E-state index contributed by atoms with van der Waals surface area (Å²) in [6, 6.07) is 22.6. The number of ether oxygens (including phenoxy) is 2. The van der Waals surface area contributed by atoms with Crippen molar-refractivity contribution < 1.29 is 22.7 Å². The van der Waals surface area contributed by atoms with Crippen LogP contribution in [0, 0.1) is 0 Å². The number of nitrogens with one attached hydrogen (secondary N) is 1. The summed E-state index contributed by atoms with van der Waals surface area (Å²) in [5.74, 6) is 0.390. The Kier molecular flexibility index (Phi) is 7.95. The Balaban J connectivity index is 1.90. The van der Waals surface area contributed by atoms with Crippen LogP contribution in [0.25, 0.3) is 0 Å². The van der Waals surface area contributed by atoms with E-state index in [1.165, 1.54) is 26.4 Å². The van der Waals surface area contributed by atoms with Crippen LogP contribution in [0.1, 0.15) is 18.4 Å². The number of rotatable bonds is 10. The van der Waals surface area contributed by atoms with Crippen molar-refractivity contribution in [1.82, 2.24) is 5.32 Å². The third-order valence-electron chi connectivity index (χ3n) is 5.25. The summed E-state index contributed by atoms with van der Waals surface area (Å²) in [7, 11) is -1.13. The van der Waals surface area contributed by atoms with E-state index in [9.17, 15) is 13.2 Å². The lowest BCUT2D eigenvalue weighted by Gasteiger charge is -2.26. The van der Waals surface area contributed by atoms with Crippen molar-refractivity contribution >= 4 is 21.6 Å². The molecule has 7 nitrogen and oxygen atoms in total. The highest BCUT2D eigenvalue weighted by atomic mass is 32.2. The minimum atomic E-state index is -4.06. The van der Waals surface area contributed by atoms with Crippen LogP contribution in [0.3, 0.4) is 0 Å². The summed E-state index contributed by atoms with van der Waals surface area (Å²) in [4.78, 5) is 13.0. The van der Waals surface area contributed by atoms with Gasteiger partial charge in [-0.2, -0.15) is 0 Å². The van der Waals surface area contributed by atoms with Gasteiger partial charge in [-0.25, -0.2) is 8.42 Å². The maximum absolute atomic E-state index is 13.5. The van der Waals surface area contributed by atoms with Crippen molar-refractivity contribution in [3.63, 3.8) is 0 Å². The van der Waals surface area contributed by atoms with Gasteiger partial charge in [0.1, 0.15) is 18.0 Å². The fourth-order valence-corrected chi connectivity index (χ4v) is 4.81. The zero-order chi connectivity index (χ0) is 23.8. The molecule has 8 heteroatoms. The number of sulfonamides is 1. The number of methoxy groups -OCH3 is 2. The minimum absolute atomic E-state index is 0.0697.